The molecular weight excluding hydrogens is 404 g/mol. The first-order valence-corrected chi connectivity index (χ1v) is 10.8. The van der Waals surface area contributed by atoms with Crippen LogP contribution in [-0.4, -0.2) is 54.9 Å². The van der Waals surface area contributed by atoms with Crippen molar-refractivity contribution in [2.75, 3.05) is 31.5 Å². The Morgan fingerprint density at radius 1 is 1.07 bits per heavy atom. The molecule has 9 heteroatoms. The van der Waals surface area contributed by atoms with Crippen LogP contribution in [0.5, 0.6) is 0 Å². The van der Waals surface area contributed by atoms with Gasteiger partial charge in [-0.3, -0.25) is 14.2 Å². The maximum absolute atomic E-state index is 12.7. The monoisotopic (exact) mass is 426 g/mol. The van der Waals surface area contributed by atoms with Crippen molar-refractivity contribution in [2.24, 2.45) is 0 Å². The van der Waals surface area contributed by atoms with Gasteiger partial charge in [0, 0.05) is 44.6 Å². The molecule has 0 aromatic heterocycles. The van der Waals surface area contributed by atoms with Crippen LogP contribution in [0.3, 0.4) is 0 Å². The van der Waals surface area contributed by atoms with Crippen LogP contribution in [0.25, 0.3) is 0 Å². The highest BCUT2D eigenvalue weighted by Crippen LogP contribution is 2.15. The zero-order valence-corrected chi connectivity index (χ0v) is 17.0. The molecule has 1 amide bonds. The van der Waals surface area contributed by atoms with E-state index in [1.54, 1.807) is 4.90 Å². The SMILES string of the molecule is N#C/C(=C/Nc1ccc(S(=O)(=O)O)cc1)C(=O)N1CCN(Cc2ccccc2)CC1. The molecule has 0 unspecified atom stereocenters. The Morgan fingerprint density at radius 2 is 1.70 bits per heavy atom. The van der Waals surface area contributed by atoms with Crippen molar-refractivity contribution in [2.45, 2.75) is 11.4 Å². The Bertz CT molecular complexity index is 1050. The minimum absolute atomic E-state index is 0.0367. The van der Waals surface area contributed by atoms with Crippen LogP contribution in [0.1, 0.15) is 5.56 Å². The first kappa shape index (κ1) is 21.5. The number of amides is 1. The van der Waals surface area contributed by atoms with E-state index in [1.807, 2.05) is 24.3 Å². The van der Waals surface area contributed by atoms with Crippen molar-refractivity contribution in [1.82, 2.24) is 9.80 Å². The van der Waals surface area contributed by atoms with E-state index in [0.29, 0.717) is 18.8 Å². The molecule has 1 saturated heterocycles. The Kier molecular flexibility index (Phi) is 6.84. The van der Waals surface area contributed by atoms with E-state index in [1.165, 1.54) is 36.0 Å². The third kappa shape index (κ3) is 5.67. The van der Waals surface area contributed by atoms with Gasteiger partial charge in [0.05, 0.1) is 4.90 Å². The molecule has 0 atom stereocenters. The number of carbonyl (C=O) groups is 1. The van der Waals surface area contributed by atoms with E-state index in [2.05, 4.69) is 22.3 Å². The highest BCUT2D eigenvalue weighted by molar-refractivity contribution is 7.85. The van der Waals surface area contributed by atoms with Gasteiger partial charge in [-0.15, -0.1) is 0 Å². The number of nitrogens with zero attached hydrogens (tertiary/aromatic N) is 3. The normalized spacial score (nSPS) is 15.5. The van der Waals surface area contributed by atoms with Crippen LogP contribution < -0.4 is 5.32 Å². The summed E-state index contributed by atoms with van der Waals surface area (Å²) in [7, 11) is -4.27. The van der Waals surface area contributed by atoms with Gasteiger partial charge in [0.2, 0.25) is 0 Å². The largest absolute Gasteiger partial charge is 0.360 e. The van der Waals surface area contributed by atoms with E-state index in [4.69, 9.17) is 4.55 Å². The number of hydrogen-bond donors (Lipinski definition) is 2. The standard InChI is InChI=1S/C21H22N4O4S/c22-14-18(15-23-19-6-8-20(9-7-19)30(27,28)29)21(26)25-12-10-24(11-13-25)16-17-4-2-1-3-5-17/h1-9,15,23H,10-13,16H2,(H,27,28,29)/b18-15-. The van der Waals surface area contributed by atoms with Gasteiger partial charge in [-0.1, -0.05) is 30.3 Å². The summed E-state index contributed by atoms with van der Waals surface area (Å²) in [6.45, 7) is 3.35. The lowest BCUT2D eigenvalue weighted by Gasteiger charge is -2.34. The number of anilines is 1. The Balaban J connectivity index is 1.56. The highest BCUT2D eigenvalue weighted by atomic mass is 32.2. The molecule has 0 radical (unpaired) electrons. The van der Waals surface area contributed by atoms with Gasteiger partial charge in [0.25, 0.3) is 16.0 Å². The average molecular weight is 426 g/mol. The average Bonchev–Trinajstić information content (AvgIpc) is 2.75. The van der Waals surface area contributed by atoms with Crippen molar-refractivity contribution >= 4 is 21.7 Å². The first-order valence-electron chi connectivity index (χ1n) is 9.37. The van der Waals surface area contributed by atoms with Crippen LogP contribution in [0, 0.1) is 11.3 Å². The van der Waals surface area contributed by atoms with Gasteiger partial charge >= 0.3 is 0 Å². The van der Waals surface area contributed by atoms with Crippen molar-refractivity contribution < 1.29 is 17.8 Å². The minimum Gasteiger partial charge on any atom is -0.360 e. The minimum atomic E-state index is -4.27. The van der Waals surface area contributed by atoms with Gasteiger partial charge in [0.15, 0.2) is 0 Å². The summed E-state index contributed by atoms with van der Waals surface area (Å²) in [6.07, 6.45) is 1.31. The molecule has 30 heavy (non-hydrogen) atoms. The number of rotatable bonds is 6. The molecular formula is C21H22N4O4S. The number of carbonyl (C=O) groups excluding carboxylic acids is 1. The smallest absolute Gasteiger partial charge is 0.294 e. The fourth-order valence-corrected chi connectivity index (χ4v) is 3.62. The van der Waals surface area contributed by atoms with E-state index in [-0.39, 0.29) is 16.4 Å². The molecule has 2 aromatic rings. The molecule has 1 aliphatic rings. The van der Waals surface area contributed by atoms with Gasteiger partial charge < -0.3 is 10.2 Å². The maximum atomic E-state index is 12.7. The summed E-state index contributed by atoms with van der Waals surface area (Å²) >= 11 is 0. The van der Waals surface area contributed by atoms with Crippen LogP contribution in [-0.2, 0) is 21.5 Å². The molecule has 0 bridgehead atoms. The van der Waals surface area contributed by atoms with Crippen LogP contribution in [0.15, 0.2) is 71.3 Å². The third-order valence-corrected chi connectivity index (χ3v) is 5.66. The summed E-state index contributed by atoms with van der Waals surface area (Å²) in [5.41, 5.74) is 1.67. The second-order valence-electron chi connectivity index (χ2n) is 6.87. The molecule has 3 rings (SSSR count). The predicted octanol–water partition coefficient (Wildman–Crippen LogP) is 2.10. The molecule has 1 heterocycles. The van der Waals surface area contributed by atoms with E-state index < -0.39 is 10.1 Å². The summed E-state index contributed by atoms with van der Waals surface area (Å²) < 4.78 is 31.1. The molecule has 1 aliphatic heterocycles. The summed E-state index contributed by atoms with van der Waals surface area (Å²) in [4.78, 5) is 16.4. The summed E-state index contributed by atoms with van der Waals surface area (Å²) in [5, 5.41) is 12.2. The highest BCUT2D eigenvalue weighted by Gasteiger charge is 2.23. The summed E-state index contributed by atoms with van der Waals surface area (Å²) in [5.74, 6) is -0.348. The van der Waals surface area contributed by atoms with Crippen LogP contribution in [0.2, 0.25) is 0 Å². The molecule has 0 saturated carbocycles. The van der Waals surface area contributed by atoms with Gasteiger partial charge in [-0.05, 0) is 29.8 Å². The molecule has 2 aromatic carbocycles. The lowest BCUT2D eigenvalue weighted by atomic mass is 10.2. The fourth-order valence-electron chi connectivity index (χ4n) is 3.14. The van der Waals surface area contributed by atoms with Gasteiger partial charge in [-0.25, -0.2) is 0 Å². The number of piperazine rings is 1. The lowest BCUT2D eigenvalue weighted by molar-refractivity contribution is -0.128. The maximum Gasteiger partial charge on any atom is 0.294 e. The summed E-state index contributed by atoms with van der Waals surface area (Å²) in [6, 6.07) is 17.4. The molecule has 0 aliphatic carbocycles. The van der Waals surface area contributed by atoms with E-state index in [0.717, 1.165) is 19.6 Å². The van der Waals surface area contributed by atoms with E-state index >= 15 is 0 Å². The van der Waals surface area contributed by atoms with Crippen LogP contribution in [0.4, 0.5) is 5.69 Å². The number of hydrogen-bond acceptors (Lipinski definition) is 6. The molecule has 1 fully saturated rings. The number of nitrogens with one attached hydrogen (secondary N) is 1. The third-order valence-electron chi connectivity index (χ3n) is 4.79. The Hall–Kier alpha value is -3.19. The zero-order valence-electron chi connectivity index (χ0n) is 16.2. The first-order chi connectivity index (χ1) is 14.4. The second kappa shape index (κ2) is 9.54. The molecule has 2 N–H and O–H groups in total. The Morgan fingerprint density at radius 3 is 2.27 bits per heavy atom. The molecule has 8 nitrogen and oxygen atoms in total. The second-order valence-corrected chi connectivity index (χ2v) is 8.29. The van der Waals surface area contributed by atoms with Crippen molar-refractivity contribution in [3.05, 3.63) is 71.9 Å². The predicted molar refractivity (Wildman–Crippen MR) is 112 cm³/mol. The molecule has 0 spiro atoms. The zero-order chi connectivity index (χ0) is 21.6. The number of benzene rings is 2. The Labute approximate surface area is 175 Å². The van der Waals surface area contributed by atoms with Gasteiger partial charge in [-0.2, -0.15) is 13.7 Å². The van der Waals surface area contributed by atoms with Crippen molar-refractivity contribution in [3.8, 4) is 6.07 Å². The van der Waals surface area contributed by atoms with Crippen molar-refractivity contribution in [1.29, 1.82) is 5.26 Å². The topological polar surface area (TPSA) is 114 Å². The van der Waals surface area contributed by atoms with E-state index in [9.17, 15) is 18.5 Å². The lowest BCUT2D eigenvalue weighted by Crippen LogP contribution is -2.48. The molecule has 156 valence electrons. The van der Waals surface area contributed by atoms with Crippen LogP contribution >= 0.6 is 0 Å². The van der Waals surface area contributed by atoms with Crippen molar-refractivity contribution in [3.63, 3.8) is 0 Å². The number of nitriles is 1. The fraction of sp³-hybridized carbons (Fsp3) is 0.238. The van der Waals surface area contributed by atoms with Gasteiger partial charge in [0.1, 0.15) is 11.6 Å². The quantitative estimate of drug-likeness (QED) is 0.413.